The van der Waals surface area contributed by atoms with E-state index in [0.29, 0.717) is 5.56 Å². The van der Waals surface area contributed by atoms with Crippen LogP contribution in [-0.4, -0.2) is 32.6 Å². The van der Waals surface area contributed by atoms with E-state index >= 15 is 0 Å². The lowest BCUT2D eigenvalue weighted by Gasteiger charge is -2.18. The summed E-state index contributed by atoms with van der Waals surface area (Å²) in [6.07, 6.45) is 1.04. The quantitative estimate of drug-likeness (QED) is 0.615. The van der Waals surface area contributed by atoms with Crippen molar-refractivity contribution in [3.05, 3.63) is 62.7 Å². The summed E-state index contributed by atoms with van der Waals surface area (Å²) in [6, 6.07) is 8.31. The van der Waals surface area contributed by atoms with Crippen molar-refractivity contribution < 1.29 is 18.1 Å². The van der Waals surface area contributed by atoms with Crippen molar-refractivity contribution >= 4 is 44.6 Å². The average Bonchev–Trinajstić information content (AvgIpc) is 2.55. The number of anilines is 2. The van der Waals surface area contributed by atoms with Crippen LogP contribution < -0.4 is 9.62 Å². The van der Waals surface area contributed by atoms with Crippen molar-refractivity contribution in [2.24, 2.45) is 0 Å². The van der Waals surface area contributed by atoms with Crippen molar-refractivity contribution in [3.63, 3.8) is 0 Å². The van der Waals surface area contributed by atoms with Crippen LogP contribution in [0, 0.1) is 17.0 Å². The number of carbonyl (C=O) groups is 1. The van der Waals surface area contributed by atoms with Gasteiger partial charge in [0.25, 0.3) is 11.6 Å². The number of nitro groups is 1. The normalized spacial score (nSPS) is 11.1. The summed E-state index contributed by atoms with van der Waals surface area (Å²) in [4.78, 5) is 22.9. The molecule has 0 aromatic heterocycles. The summed E-state index contributed by atoms with van der Waals surface area (Å²) in [5.41, 5.74) is 1.04. The minimum absolute atomic E-state index is 0.0468. The molecular weight excluding hydrogens is 382 g/mol. The molecule has 0 atom stereocenters. The topological polar surface area (TPSA) is 110 Å². The minimum atomic E-state index is -3.51. The minimum Gasteiger partial charge on any atom is -0.321 e. The Kier molecular flexibility index (Phi) is 5.53. The largest absolute Gasteiger partial charge is 0.321 e. The van der Waals surface area contributed by atoms with Crippen LogP contribution in [0.25, 0.3) is 0 Å². The van der Waals surface area contributed by atoms with Gasteiger partial charge in [-0.15, -0.1) is 0 Å². The van der Waals surface area contributed by atoms with Gasteiger partial charge in [0.1, 0.15) is 0 Å². The molecule has 0 saturated heterocycles. The smallest absolute Gasteiger partial charge is 0.271 e. The molecule has 0 aliphatic carbocycles. The molecule has 0 radical (unpaired) electrons. The highest BCUT2D eigenvalue weighted by molar-refractivity contribution is 7.92. The first kappa shape index (κ1) is 19.7. The molecule has 2 aromatic carbocycles. The van der Waals surface area contributed by atoms with Crippen LogP contribution in [0.2, 0.25) is 5.02 Å². The van der Waals surface area contributed by atoms with Crippen LogP contribution in [0.5, 0.6) is 0 Å². The fourth-order valence-electron chi connectivity index (χ4n) is 2.12. The van der Waals surface area contributed by atoms with E-state index in [-0.39, 0.29) is 27.6 Å². The van der Waals surface area contributed by atoms with Crippen molar-refractivity contribution in [2.45, 2.75) is 6.92 Å². The molecule has 0 fully saturated rings. The fourth-order valence-corrected chi connectivity index (χ4v) is 2.82. The third-order valence-corrected chi connectivity index (χ3v) is 5.27. The Morgan fingerprint density at radius 2 is 1.88 bits per heavy atom. The standard InChI is InChI=1S/C16H16ClN3O5S/c1-10-4-5-12(20(22)23)9-15(10)18-16(21)13-8-11(6-7-14(13)17)19(2)26(3,24)25/h4-9H,1-3H3,(H,18,21). The molecule has 138 valence electrons. The molecule has 0 saturated carbocycles. The molecule has 0 spiro atoms. The van der Waals surface area contributed by atoms with Gasteiger partial charge in [-0.25, -0.2) is 8.42 Å². The van der Waals surface area contributed by atoms with Gasteiger partial charge in [0.2, 0.25) is 10.0 Å². The van der Waals surface area contributed by atoms with Crippen LogP contribution >= 0.6 is 11.6 Å². The van der Waals surface area contributed by atoms with Crippen molar-refractivity contribution in [3.8, 4) is 0 Å². The summed E-state index contributed by atoms with van der Waals surface area (Å²) in [5, 5.41) is 13.6. The number of amides is 1. The highest BCUT2D eigenvalue weighted by Crippen LogP contribution is 2.27. The summed E-state index contributed by atoms with van der Waals surface area (Å²) in [7, 11) is -2.16. The molecule has 2 aromatic rings. The Morgan fingerprint density at radius 1 is 1.23 bits per heavy atom. The number of hydrogen-bond donors (Lipinski definition) is 1. The lowest BCUT2D eigenvalue weighted by Crippen LogP contribution is -2.25. The van der Waals surface area contributed by atoms with Gasteiger partial charge in [-0.2, -0.15) is 0 Å². The highest BCUT2D eigenvalue weighted by Gasteiger charge is 2.18. The maximum atomic E-state index is 12.6. The second-order valence-corrected chi connectivity index (χ2v) is 8.03. The van der Waals surface area contributed by atoms with Crippen LogP contribution in [-0.2, 0) is 10.0 Å². The Hall–Kier alpha value is -2.65. The van der Waals surface area contributed by atoms with Gasteiger partial charge < -0.3 is 5.32 Å². The maximum Gasteiger partial charge on any atom is 0.271 e. The lowest BCUT2D eigenvalue weighted by molar-refractivity contribution is -0.384. The number of nitrogens with zero attached hydrogens (tertiary/aromatic N) is 2. The Balaban J connectivity index is 2.39. The molecule has 2 rings (SSSR count). The van der Waals surface area contributed by atoms with Gasteiger partial charge in [-0.05, 0) is 30.7 Å². The van der Waals surface area contributed by atoms with Gasteiger partial charge in [-0.1, -0.05) is 17.7 Å². The lowest BCUT2D eigenvalue weighted by atomic mass is 10.1. The van der Waals surface area contributed by atoms with Gasteiger partial charge >= 0.3 is 0 Å². The second-order valence-electron chi connectivity index (χ2n) is 5.61. The molecule has 26 heavy (non-hydrogen) atoms. The molecule has 0 unspecified atom stereocenters. The van der Waals surface area contributed by atoms with Crippen molar-refractivity contribution in [1.82, 2.24) is 0 Å². The third kappa shape index (κ3) is 4.30. The molecule has 8 nitrogen and oxygen atoms in total. The SMILES string of the molecule is Cc1ccc([N+](=O)[O-])cc1NC(=O)c1cc(N(C)S(C)(=O)=O)ccc1Cl. The van der Waals surface area contributed by atoms with E-state index in [1.807, 2.05) is 0 Å². The molecule has 1 amide bonds. The van der Waals surface area contributed by atoms with E-state index in [1.54, 1.807) is 6.92 Å². The van der Waals surface area contributed by atoms with E-state index in [9.17, 15) is 23.3 Å². The van der Waals surface area contributed by atoms with E-state index in [1.165, 1.54) is 43.4 Å². The number of sulfonamides is 1. The summed E-state index contributed by atoms with van der Waals surface area (Å²) in [5.74, 6) is -0.609. The number of carbonyl (C=O) groups excluding carboxylic acids is 1. The van der Waals surface area contributed by atoms with E-state index < -0.39 is 20.9 Å². The Labute approximate surface area is 155 Å². The number of hydrogen-bond acceptors (Lipinski definition) is 5. The number of rotatable bonds is 5. The van der Waals surface area contributed by atoms with Crippen LogP contribution in [0.1, 0.15) is 15.9 Å². The number of aryl methyl sites for hydroxylation is 1. The van der Waals surface area contributed by atoms with Gasteiger partial charge in [0.05, 0.1) is 33.1 Å². The highest BCUT2D eigenvalue weighted by atomic mass is 35.5. The van der Waals surface area contributed by atoms with Gasteiger partial charge in [-0.3, -0.25) is 19.2 Å². The zero-order valence-electron chi connectivity index (χ0n) is 14.2. The maximum absolute atomic E-state index is 12.6. The zero-order valence-corrected chi connectivity index (χ0v) is 15.8. The Morgan fingerprint density at radius 3 is 2.46 bits per heavy atom. The van der Waals surface area contributed by atoms with Gasteiger partial charge in [0, 0.05) is 19.2 Å². The first-order valence-corrected chi connectivity index (χ1v) is 9.53. The molecule has 0 aliphatic heterocycles. The monoisotopic (exact) mass is 397 g/mol. The summed E-state index contributed by atoms with van der Waals surface area (Å²) < 4.78 is 24.3. The van der Waals surface area contributed by atoms with E-state index in [0.717, 1.165) is 10.6 Å². The summed E-state index contributed by atoms with van der Waals surface area (Å²) >= 11 is 6.06. The van der Waals surface area contributed by atoms with Crippen molar-refractivity contribution in [2.75, 3.05) is 22.9 Å². The average molecular weight is 398 g/mol. The van der Waals surface area contributed by atoms with Crippen LogP contribution in [0.4, 0.5) is 17.1 Å². The van der Waals surface area contributed by atoms with E-state index in [2.05, 4.69) is 5.32 Å². The number of benzene rings is 2. The predicted molar refractivity (Wildman–Crippen MR) is 100 cm³/mol. The van der Waals surface area contributed by atoms with Crippen molar-refractivity contribution in [1.29, 1.82) is 0 Å². The molecule has 0 heterocycles. The second kappa shape index (κ2) is 7.30. The predicted octanol–water partition coefficient (Wildman–Crippen LogP) is 3.20. The third-order valence-electron chi connectivity index (χ3n) is 3.74. The Bertz CT molecular complexity index is 991. The fraction of sp³-hybridized carbons (Fsp3) is 0.188. The summed E-state index contributed by atoms with van der Waals surface area (Å²) in [6.45, 7) is 1.69. The number of non-ortho nitro benzene ring substituents is 1. The number of nitro benzene ring substituents is 1. The number of halogens is 1. The zero-order chi connectivity index (χ0) is 19.6. The van der Waals surface area contributed by atoms with Crippen LogP contribution in [0.3, 0.4) is 0 Å². The first-order chi connectivity index (χ1) is 12.0. The molecule has 0 aliphatic rings. The molecule has 0 bridgehead atoms. The number of nitrogens with one attached hydrogen (secondary N) is 1. The molecule has 10 heteroatoms. The van der Waals surface area contributed by atoms with Gasteiger partial charge in [0.15, 0.2) is 0 Å². The molecular formula is C16H16ClN3O5S. The molecule has 1 N–H and O–H groups in total. The first-order valence-electron chi connectivity index (χ1n) is 7.30. The van der Waals surface area contributed by atoms with Crippen LogP contribution in [0.15, 0.2) is 36.4 Å². The van der Waals surface area contributed by atoms with E-state index in [4.69, 9.17) is 11.6 Å².